The molecule has 6 heteroatoms. The van der Waals surface area contributed by atoms with Gasteiger partial charge in [-0.25, -0.2) is 8.42 Å². The maximum atomic E-state index is 13.4. The van der Waals surface area contributed by atoms with Crippen molar-refractivity contribution in [1.29, 1.82) is 0 Å². The van der Waals surface area contributed by atoms with Gasteiger partial charge in [0.2, 0.25) is 5.91 Å². The van der Waals surface area contributed by atoms with Crippen molar-refractivity contribution in [3.8, 4) is 0 Å². The number of para-hydroxylation sites is 1. The fourth-order valence-corrected chi connectivity index (χ4v) is 4.52. The molecular weight excluding hydrogens is 396 g/mol. The SMILES string of the molecule is CC(C)c1ccc(N(CC(=O)N(C)c2ccccc2)S(=O)(=O)c2ccccc2)cc1. The van der Waals surface area contributed by atoms with Crippen molar-refractivity contribution in [3.05, 3.63) is 90.5 Å². The van der Waals surface area contributed by atoms with Crippen molar-refractivity contribution in [2.75, 3.05) is 22.8 Å². The Bertz CT molecular complexity index is 1080. The molecule has 5 nitrogen and oxygen atoms in total. The minimum Gasteiger partial charge on any atom is -0.314 e. The third-order valence-electron chi connectivity index (χ3n) is 4.98. The van der Waals surface area contributed by atoms with Gasteiger partial charge in [-0.05, 0) is 47.9 Å². The summed E-state index contributed by atoms with van der Waals surface area (Å²) in [6.45, 7) is 3.85. The number of benzene rings is 3. The highest BCUT2D eigenvalue weighted by Gasteiger charge is 2.28. The first kappa shape index (κ1) is 21.6. The molecular formula is C24H26N2O3S. The molecule has 0 aromatic heterocycles. The van der Waals surface area contributed by atoms with E-state index in [0.29, 0.717) is 17.3 Å². The van der Waals surface area contributed by atoms with E-state index in [1.807, 2.05) is 42.5 Å². The third kappa shape index (κ3) is 4.71. The van der Waals surface area contributed by atoms with Crippen molar-refractivity contribution in [2.24, 2.45) is 0 Å². The van der Waals surface area contributed by atoms with E-state index in [1.54, 1.807) is 37.4 Å². The predicted molar refractivity (Wildman–Crippen MR) is 121 cm³/mol. The van der Waals surface area contributed by atoms with Gasteiger partial charge in [-0.1, -0.05) is 62.4 Å². The van der Waals surface area contributed by atoms with E-state index in [1.165, 1.54) is 21.3 Å². The predicted octanol–water partition coefficient (Wildman–Crippen LogP) is 4.67. The summed E-state index contributed by atoms with van der Waals surface area (Å²) >= 11 is 0. The Balaban J connectivity index is 1.98. The zero-order valence-corrected chi connectivity index (χ0v) is 18.2. The summed E-state index contributed by atoms with van der Waals surface area (Å²) in [4.78, 5) is 14.6. The van der Waals surface area contributed by atoms with E-state index < -0.39 is 10.0 Å². The van der Waals surface area contributed by atoms with Crippen molar-refractivity contribution >= 4 is 27.3 Å². The summed E-state index contributed by atoms with van der Waals surface area (Å²) in [5, 5.41) is 0. The van der Waals surface area contributed by atoms with Gasteiger partial charge in [0.05, 0.1) is 10.6 Å². The molecule has 0 spiro atoms. The first-order chi connectivity index (χ1) is 14.3. The number of carbonyl (C=O) groups excluding carboxylic acids is 1. The summed E-state index contributed by atoms with van der Waals surface area (Å²) in [6, 6.07) is 24.7. The molecule has 0 saturated carbocycles. The minimum atomic E-state index is -3.91. The van der Waals surface area contributed by atoms with Gasteiger partial charge in [0, 0.05) is 12.7 Å². The molecule has 1 amide bonds. The van der Waals surface area contributed by atoms with Crippen LogP contribution < -0.4 is 9.21 Å². The van der Waals surface area contributed by atoms with Gasteiger partial charge in [-0.3, -0.25) is 9.10 Å². The minimum absolute atomic E-state index is 0.146. The maximum Gasteiger partial charge on any atom is 0.264 e. The summed E-state index contributed by atoms with van der Waals surface area (Å²) in [5.41, 5.74) is 2.26. The van der Waals surface area contributed by atoms with Crippen LogP contribution >= 0.6 is 0 Å². The lowest BCUT2D eigenvalue weighted by molar-refractivity contribution is -0.116. The Morgan fingerprint density at radius 3 is 1.87 bits per heavy atom. The zero-order chi connectivity index (χ0) is 21.7. The van der Waals surface area contributed by atoms with Crippen molar-refractivity contribution in [1.82, 2.24) is 0 Å². The number of rotatable bonds is 7. The number of amides is 1. The zero-order valence-electron chi connectivity index (χ0n) is 17.4. The van der Waals surface area contributed by atoms with Crippen LogP contribution in [0.4, 0.5) is 11.4 Å². The Kier molecular flexibility index (Phi) is 6.57. The third-order valence-corrected chi connectivity index (χ3v) is 6.76. The quantitative estimate of drug-likeness (QED) is 0.556. The van der Waals surface area contributed by atoms with E-state index >= 15 is 0 Å². The van der Waals surface area contributed by atoms with E-state index in [0.717, 1.165) is 5.56 Å². The smallest absolute Gasteiger partial charge is 0.264 e. The van der Waals surface area contributed by atoms with Crippen molar-refractivity contribution in [2.45, 2.75) is 24.7 Å². The highest BCUT2D eigenvalue weighted by atomic mass is 32.2. The molecule has 0 saturated heterocycles. The van der Waals surface area contributed by atoms with E-state index in [9.17, 15) is 13.2 Å². The van der Waals surface area contributed by atoms with Gasteiger partial charge in [-0.15, -0.1) is 0 Å². The summed E-state index contributed by atoms with van der Waals surface area (Å²) in [7, 11) is -2.27. The molecule has 0 fully saturated rings. The fourth-order valence-electron chi connectivity index (χ4n) is 3.08. The molecule has 0 unspecified atom stereocenters. The molecule has 0 bridgehead atoms. The van der Waals surface area contributed by atoms with Gasteiger partial charge in [-0.2, -0.15) is 0 Å². The lowest BCUT2D eigenvalue weighted by atomic mass is 10.0. The van der Waals surface area contributed by atoms with Crippen LogP contribution in [0.2, 0.25) is 0 Å². The number of anilines is 2. The molecule has 30 heavy (non-hydrogen) atoms. The summed E-state index contributed by atoms with van der Waals surface area (Å²) in [6.07, 6.45) is 0. The topological polar surface area (TPSA) is 57.7 Å². The van der Waals surface area contributed by atoms with Gasteiger partial charge in [0.15, 0.2) is 0 Å². The van der Waals surface area contributed by atoms with Crippen LogP contribution in [0.3, 0.4) is 0 Å². The average molecular weight is 423 g/mol. The second kappa shape index (κ2) is 9.13. The normalized spacial score (nSPS) is 11.3. The van der Waals surface area contributed by atoms with E-state index in [-0.39, 0.29) is 17.3 Å². The average Bonchev–Trinajstić information content (AvgIpc) is 2.78. The van der Waals surface area contributed by atoms with Crippen molar-refractivity contribution < 1.29 is 13.2 Å². The molecule has 3 rings (SSSR count). The maximum absolute atomic E-state index is 13.4. The van der Waals surface area contributed by atoms with Gasteiger partial charge in [0.1, 0.15) is 6.54 Å². The van der Waals surface area contributed by atoms with Gasteiger partial charge < -0.3 is 4.90 Å². The Hall–Kier alpha value is -3.12. The van der Waals surface area contributed by atoms with Gasteiger partial charge in [0.25, 0.3) is 10.0 Å². The van der Waals surface area contributed by atoms with Crippen LogP contribution in [-0.4, -0.2) is 27.9 Å². The standard InChI is InChI=1S/C24H26N2O3S/c1-19(2)20-14-16-22(17-15-20)26(30(28,29)23-12-8-5-9-13-23)18-24(27)25(3)21-10-6-4-7-11-21/h4-17,19H,18H2,1-3H3. The van der Waals surface area contributed by atoms with Crippen LogP contribution in [0, 0.1) is 0 Å². The van der Waals surface area contributed by atoms with Crippen LogP contribution in [0.25, 0.3) is 0 Å². The second-order valence-corrected chi connectivity index (χ2v) is 9.22. The second-order valence-electron chi connectivity index (χ2n) is 7.36. The largest absolute Gasteiger partial charge is 0.314 e. The Morgan fingerprint density at radius 2 is 1.33 bits per heavy atom. The molecule has 0 radical (unpaired) electrons. The highest BCUT2D eigenvalue weighted by molar-refractivity contribution is 7.92. The molecule has 0 aliphatic heterocycles. The first-order valence-electron chi connectivity index (χ1n) is 9.80. The number of carbonyl (C=O) groups is 1. The molecule has 0 aliphatic carbocycles. The Labute approximate surface area is 178 Å². The molecule has 156 valence electrons. The first-order valence-corrected chi connectivity index (χ1v) is 11.2. The lowest BCUT2D eigenvalue weighted by Crippen LogP contribution is -2.41. The molecule has 3 aromatic carbocycles. The van der Waals surface area contributed by atoms with E-state index in [4.69, 9.17) is 0 Å². The van der Waals surface area contributed by atoms with Crippen LogP contribution in [0.15, 0.2) is 89.8 Å². The molecule has 0 aliphatic rings. The van der Waals surface area contributed by atoms with Crippen LogP contribution in [-0.2, 0) is 14.8 Å². The summed E-state index contributed by atoms with van der Waals surface area (Å²) < 4.78 is 28.0. The Morgan fingerprint density at radius 1 is 0.800 bits per heavy atom. The number of nitrogens with zero attached hydrogens (tertiary/aromatic N) is 2. The highest BCUT2D eigenvalue weighted by Crippen LogP contribution is 2.26. The molecule has 0 N–H and O–H groups in total. The lowest BCUT2D eigenvalue weighted by Gasteiger charge is -2.27. The number of sulfonamides is 1. The fraction of sp³-hybridized carbons (Fsp3) is 0.208. The summed E-state index contributed by atoms with van der Waals surface area (Å²) in [5.74, 6) is -0.00211. The van der Waals surface area contributed by atoms with Gasteiger partial charge >= 0.3 is 0 Å². The van der Waals surface area contributed by atoms with Crippen molar-refractivity contribution in [3.63, 3.8) is 0 Å². The molecule has 3 aromatic rings. The monoisotopic (exact) mass is 422 g/mol. The number of hydrogen-bond donors (Lipinski definition) is 0. The van der Waals surface area contributed by atoms with Crippen LogP contribution in [0.5, 0.6) is 0 Å². The molecule has 0 atom stereocenters. The number of likely N-dealkylation sites (N-methyl/N-ethyl adjacent to an activating group) is 1. The van der Waals surface area contributed by atoms with E-state index in [2.05, 4.69) is 13.8 Å². The number of hydrogen-bond acceptors (Lipinski definition) is 3. The molecule has 0 heterocycles. The van der Waals surface area contributed by atoms with Crippen LogP contribution in [0.1, 0.15) is 25.3 Å².